The van der Waals surface area contributed by atoms with E-state index >= 15 is 0 Å². The van der Waals surface area contributed by atoms with Crippen LogP contribution >= 0.6 is 0 Å². The topological polar surface area (TPSA) is 3.24 Å². The monoisotopic (exact) mass is 797 g/mol. The second-order valence-corrected chi connectivity index (χ2v) is 18.3. The first-order valence-electron chi connectivity index (χ1n) is 23.3. The molecule has 0 spiro atoms. The molecule has 6 atom stereocenters. The normalized spacial score (nSPS) is 24.9. The van der Waals surface area contributed by atoms with Crippen molar-refractivity contribution in [1.82, 2.24) is 0 Å². The molecule has 1 heteroatoms. The maximum Gasteiger partial charge on any atom is 0.0560 e. The third-order valence-corrected chi connectivity index (χ3v) is 13.9. The molecule has 1 nitrogen and oxygen atoms in total. The first-order valence-corrected chi connectivity index (χ1v) is 23.3. The van der Waals surface area contributed by atoms with Crippen LogP contribution in [0.25, 0.3) is 11.1 Å². The van der Waals surface area contributed by atoms with Crippen LogP contribution in [0.4, 0.5) is 5.69 Å². The molecule has 6 unspecified atom stereocenters. The Morgan fingerprint density at radius 3 is 2.11 bits per heavy atom. The second kappa shape index (κ2) is 18.9. The Kier molecular flexibility index (Phi) is 12.6. The van der Waals surface area contributed by atoms with Gasteiger partial charge >= 0.3 is 0 Å². The lowest BCUT2D eigenvalue weighted by atomic mass is 9.75. The standard InChI is InChI=1S/C60H63N/c1-4-45-21-33-57(34-22-45)61(59-37-31-51(32-38-59)56-41-54(47-11-7-5-8-12-47)40-55(42-56)48-13-9-6-10-14-48)58-35-29-50(30-36-58)49-27-19-46(20-28-49)39-60(52-23-15-43(2)16-24-52)53-25-17-44(3)18-26-53/h5,7-9,11,13-17,19-21,23-37,40,42,44-45,47,54,59-60H,4,6,10,12,18,22,38-39,41H2,1-3H3. The van der Waals surface area contributed by atoms with Crippen molar-refractivity contribution in [1.29, 1.82) is 0 Å². The lowest BCUT2D eigenvalue weighted by Crippen LogP contribution is -2.34. The quantitative estimate of drug-likeness (QED) is 0.176. The summed E-state index contributed by atoms with van der Waals surface area (Å²) in [5, 5.41) is 0. The molecule has 0 aromatic heterocycles. The van der Waals surface area contributed by atoms with Gasteiger partial charge in [-0.25, -0.2) is 0 Å². The number of aryl methyl sites for hydroxylation is 1. The van der Waals surface area contributed by atoms with Crippen LogP contribution in [0.3, 0.4) is 0 Å². The van der Waals surface area contributed by atoms with Crippen LogP contribution < -0.4 is 4.90 Å². The summed E-state index contributed by atoms with van der Waals surface area (Å²) in [4.78, 5) is 2.58. The van der Waals surface area contributed by atoms with Crippen LogP contribution in [-0.2, 0) is 6.42 Å². The van der Waals surface area contributed by atoms with Crippen LogP contribution in [0.15, 0.2) is 216 Å². The van der Waals surface area contributed by atoms with Gasteiger partial charge in [0.15, 0.2) is 0 Å². The molecule has 3 aromatic rings. The summed E-state index contributed by atoms with van der Waals surface area (Å²) in [6.45, 7) is 6.78. The molecule has 9 rings (SSSR count). The molecule has 0 fully saturated rings. The highest BCUT2D eigenvalue weighted by atomic mass is 15.2. The van der Waals surface area contributed by atoms with Crippen LogP contribution in [-0.4, -0.2) is 6.04 Å². The lowest BCUT2D eigenvalue weighted by Gasteiger charge is -2.36. The number of hydrogen-bond acceptors (Lipinski definition) is 1. The smallest absolute Gasteiger partial charge is 0.0560 e. The summed E-state index contributed by atoms with van der Waals surface area (Å²) in [6.07, 6.45) is 53.2. The van der Waals surface area contributed by atoms with Gasteiger partial charge in [-0.3, -0.25) is 0 Å². The van der Waals surface area contributed by atoms with Gasteiger partial charge in [-0.2, -0.15) is 0 Å². The van der Waals surface area contributed by atoms with E-state index in [1.54, 1.807) is 0 Å². The van der Waals surface area contributed by atoms with Gasteiger partial charge in [0.2, 0.25) is 0 Å². The van der Waals surface area contributed by atoms with Crippen molar-refractivity contribution in [2.45, 2.75) is 90.5 Å². The van der Waals surface area contributed by atoms with E-state index in [0.29, 0.717) is 29.6 Å². The predicted molar refractivity (Wildman–Crippen MR) is 261 cm³/mol. The molecule has 0 aliphatic heterocycles. The van der Waals surface area contributed by atoms with Crippen LogP contribution in [0, 0.1) is 30.6 Å². The third-order valence-electron chi connectivity index (χ3n) is 13.9. The number of rotatable bonds is 12. The molecule has 6 aliphatic rings. The molecule has 3 aromatic carbocycles. The van der Waals surface area contributed by atoms with E-state index in [1.807, 2.05) is 0 Å². The van der Waals surface area contributed by atoms with Gasteiger partial charge in [0, 0.05) is 17.3 Å². The average molecular weight is 798 g/mol. The van der Waals surface area contributed by atoms with Crippen LogP contribution in [0.2, 0.25) is 0 Å². The van der Waals surface area contributed by atoms with Crippen molar-refractivity contribution in [3.8, 4) is 11.1 Å². The molecule has 0 amide bonds. The Hall–Kier alpha value is -5.66. The summed E-state index contributed by atoms with van der Waals surface area (Å²) in [6, 6.07) is 28.1. The van der Waals surface area contributed by atoms with Crippen LogP contribution in [0.1, 0.15) is 87.8 Å². The zero-order valence-corrected chi connectivity index (χ0v) is 36.6. The van der Waals surface area contributed by atoms with Gasteiger partial charge in [-0.05, 0) is 157 Å². The van der Waals surface area contributed by atoms with Crippen LogP contribution in [0.5, 0.6) is 0 Å². The summed E-state index contributed by atoms with van der Waals surface area (Å²) >= 11 is 0. The SMILES string of the molecule is CCC1C=CC(N(c2ccc(-c3ccc(CC(C4=CCC(C)C=C4)c4ccc(C)cc4)cc3)cc2)C2C=CC(C3=CC(C4=CCCC=C4)=CC(C4C=CC=CC4)C3)=CC2)=CC1. The Morgan fingerprint density at radius 2 is 1.46 bits per heavy atom. The molecule has 308 valence electrons. The minimum atomic E-state index is 0.243. The lowest BCUT2D eigenvalue weighted by molar-refractivity contribution is 0.468. The van der Waals surface area contributed by atoms with Crippen molar-refractivity contribution in [3.63, 3.8) is 0 Å². The molecule has 0 bridgehead atoms. The zero-order chi connectivity index (χ0) is 41.5. The highest BCUT2D eigenvalue weighted by Crippen LogP contribution is 2.41. The second-order valence-electron chi connectivity index (χ2n) is 18.3. The maximum absolute atomic E-state index is 2.58. The molecule has 0 saturated carbocycles. The fraction of sp³-hybridized carbons (Fsp3) is 0.300. The first kappa shape index (κ1) is 40.7. The average Bonchev–Trinajstić information content (AvgIpc) is 3.33. The number of hydrogen-bond donors (Lipinski definition) is 0. The maximum atomic E-state index is 2.58. The largest absolute Gasteiger partial charge is 0.335 e. The highest BCUT2D eigenvalue weighted by Gasteiger charge is 2.28. The van der Waals surface area contributed by atoms with Gasteiger partial charge in [-0.15, -0.1) is 0 Å². The van der Waals surface area contributed by atoms with E-state index in [0.717, 1.165) is 51.4 Å². The van der Waals surface area contributed by atoms with Gasteiger partial charge in [-0.1, -0.05) is 183 Å². The Morgan fingerprint density at radius 1 is 0.639 bits per heavy atom. The zero-order valence-electron chi connectivity index (χ0n) is 36.6. The van der Waals surface area contributed by atoms with E-state index in [1.165, 1.54) is 73.5 Å². The molecule has 0 N–H and O–H groups in total. The molecular formula is C60H63N. The Bertz CT molecular complexity index is 2420. The fourth-order valence-corrected chi connectivity index (χ4v) is 10.1. The predicted octanol–water partition coefficient (Wildman–Crippen LogP) is 15.7. The van der Waals surface area contributed by atoms with Crippen molar-refractivity contribution in [3.05, 3.63) is 232 Å². The molecule has 0 radical (unpaired) electrons. The van der Waals surface area contributed by atoms with E-state index in [2.05, 4.69) is 208 Å². The summed E-state index contributed by atoms with van der Waals surface area (Å²) in [5.74, 6) is 2.64. The number of nitrogens with zero attached hydrogens (tertiary/aromatic N) is 1. The first-order chi connectivity index (χ1) is 30.0. The molecule has 0 heterocycles. The van der Waals surface area contributed by atoms with E-state index in [9.17, 15) is 0 Å². The van der Waals surface area contributed by atoms with Gasteiger partial charge in [0.05, 0.1) is 6.04 Å². The van der Waals surface area contributed by atoms with Gasteiger partial charge < -0.3 is 4.90 Å². The number of allylic oxidation sites excluding steroid dienone is 21. The molecule has 61 heavy (non-hydrogen) atoms. The summed E-state index contributed by atoms with van der Waals surface area (Å²) in [7, 11) is 0. The third kappa shape index (κ3) is 9.63. The van der Waals surface area contributed by atoms with Crippen molar-refractivity contribution in [2.24, 2.45) is 23.7 Å². The van der Waals surface area contributed by atoms with E-state index < -0.39 is 0 Å². The summed E-state index contributed by atoms with van der Waals surface area (Å²) < 4.78 is 0. The number of benzene rings is 3. The van der Waals surface area contributed by atoms with Crippen molar-refractivity contribution < 1.29 is 0 Å². The molecular weight excluding hydrogens is 735 g/mol. The fourth-order valence-electron chi connectivity index (χ4n) is 10.1. The van der Waals surface area contributed by atoms with E-state index in [-0.39, 0.29) is 6.04 Å². The number of anilines is 1. The van der Waals surface area contributed by atoms with Crippen molar-refractivity contribution >= 4 is 5.69 Å². The molecule has 0 saturated heterocycles. The Balaban J connectivity index is 0.936. The minimum absolute atomic E-state index is 0.243. The Labute approximate surface area is 366 Å². The van der Waals surface area contributed by atoms with Gasteiger partial charge in [0.1, 0.15) is 0 Å². The van der Waals surface area contributed by atoms with Crippen molar-refractivity contribution in [2.75, 3.05) is 4.90 Å². The summed E-state index contributed by atoms with van der Waals surface area (Å²) in [5.41, 5.74) is 16.3. The van der Waals surface area contributed by atoms with Gasteiger partial charge in [0.25, 0.3) is 0 Å². The minimum Gasteiger partial charge on any atom is -0.335 e. The van der Waals surface area contributed by atoms with E-state index in [4.69, 9.17) is 0 Å². The highest BCUT2D eigenvalue weighted by molar-refractivity contribution is 5.69. The molecule has 6 aliphatic carbocycles.